The van der Waals surface area contributed by atoms with Crippen LogP contribution in [0.15, 0.2) is 54.1 Å². The van der Waals surface area contributed by atoms with Gasteiger partial charge in [-0.15, -0.1) is 36.4 Å². The summed E-state index contributed by atoms with van der Waals surface area (Å²) in [7, 11) is 0. The molecular weight excluding hydrogens is 787 g/mol. The zero-order chi connectivity index (χ0) is 39.6. The van der Waals surface area contributed by atoms with Crippen molar-refractivity contribution in [3.63, 3.8) is 0 Å². The van der Waals surface area contributed by atoms with E-state index in [1.165, 1.54) is 24.3 Å². The van der Waals surface area contributed by atoms with Crippen LogP contribution >= 0.6 is 23.2 Å². The first-order chi connectivity index (χ1) is 25.2. The smallest absolute Gasteiger partial charge is 0.508 e. The van der Waals surface area contributed by atoms with E-state index in [0.29, 0.717) is 23.1 Å². The number of hydrogen-bond acceptors (Lipinski definition) is 7. The summed E-state index contributed by atoms with van der Waals surface area (Å²) in [6.45, 7) is 0. The molecular formula is C34H18Cl2F8N2O8. The summed E-state index contributed by atoms with van der Waals surface area (Å²) in [4.78, 5) is 62.2. The molecule has 4 amide bonds. The molecule has 2 aliphatic carbocycles. The molecule has 1 saturated carbocycles. The molecule has 282 valence electrons. The average molecular weight is 805 g/mol. The van der Waals surface area contributed by atoms with Gasteiger partial charge in [0.2, 0.25) is 17.6 Å². The zero-order valence-corrected chi connectivity index (χ0v) is 27.9. The molecule has 2 N–H and O–H groups in total. The van der Waals surface area contributed by atoms with Crippen molar-refractivity contribution in [3.8, 4) is 11.5 Å². The fourth-order valence-corrected chi connectivity index (χ4v) is 8.83. The molecule has 20 heteroatoms. The first kappa shape index (κ1) is 37.1. The Labute approximate surface area is 306 Å². The van der Waals surface area contributed by atoms with Crippen molar-refractivity contribution < 1.29 is 74.0 Å². The van der Waals surface area contributed by atoms with Crippen LogP contribution in [-0.4, -0.2) is 55.9 Å². The van der Waals surface area contributed by atoms with Crippen molar-refractivity contribution in [2.75, 3.05) is 9.80 Å². The number of carboxylic acid groups (broad SMARTS) is 1. The van der Waals surface area contributed by atoms with Crippen LogP contribution < -0.4 is 14.5 Å². The Morgan fingerprint density at radius 2 is 1.46 bits per heavy atom. The van der Waals surface area contributed by atoms with Gasteiger partial charge in [0.1, 0.15) is 17.2 Å². The predicted molar refractivity (Wildman–Crippen MR) is 167 cm³/mol. The fourth-order valence-electron chi connectivity index (χ4n) is 7.91. The monoisotopic (exact) mass is 804 g/mol. The van der Waals surface area contributed by atoms with Crippen LogP contribution in [0.5, 0.6) is 11.5 Å². The van der Waals surface area contributed by atoms with Gasteiger partial charge in [0.15, 0.2) is 33.0 Å². The molecule has 0 radical (unpaired) electrons. The number of nitrogens with zero attached hydrogens (tertiary/aromatic N) is 2. The van der Waals surface area contributed by atoms with Gasteiger partial charge in [0, 0.05) is 11.5 Å². The van der Waals surface area contributed by atoms with Gasteiger partial charge in [0.25, 0.3) is 11.8 Å². The van der Waals surface area contributed by atoms with Crippen LogP contribution in [0, 0.1) is 46.8 Å². The maximum atomic E-state index is 15.2. The van der Waals surface area contributed by atoms with E-state index in [0.717, 1.165) is 6.07 Å². The van der Waals surface area contributed by atoms with E-state index in [1.54, 1.807) is 0 Å². The van der Waals surface area contributed by atoms with E-state index in [9.17, 15) is 60.5 Å². The number of ether oxygens (including phenoxy) is 1. The molecule has 10 nitrogen and oxygen atoms in total. The molecule has 3 aromatic carbocycles. The number of aromatic hydroxyl groups is 1. The number of amides is 4. The number of fused-ring (bicyclic) bond motifs is 4. The third kappa shape index (κ3) is 5.02. The highest BCUT2D eigenvalue weighted by Crippen LogP contribution is 2.67. The number of benzene rings is 3. The van der Waals surface area contributed by atoms with Crippen molar-refractivity contribution in [2.24, 2.45) is 17.8 Å². The minimum Gasteiger partial charge on any atom is -0.508 e. The number of phenols is 1. The normalized spacial score (nSPS) is 27.9. The van der Waals surface area contributed by atoms with Gasteiger partial charge >= 0.3 is 12.3 Å². The van der Waals surface area contributed by atoms with E-state index in [1.807, 2.05) is 0 Å². The van der Waals surface area contributed by atoms with Crippen LogP contribution in [0.1, 0.15) is 34.7 Å². The van der Waals surface area contributed by atoms with Gasteiger partial charge in [-0.3, -0.25) is 24.1 Å². The summed E-state index contributed by atoms with van der Waals surface area (Å²) in [6, 6.07) is 6.56. The third-order valence-electron chi connectivity index (χ3n) is 10.1. The Morgan fingerprint density at radius 1 is 0.833 bits per heavy atom. The average Bonchev–Trinajstić information content (AvgIpc) is 3.45. The van der Waals surface area contributed by atoms with Gasteiger partial charge in [0.05, 0.1) is 23.1 Å². The number of allylic oxidation sites excluding steroid dienone is 2. The predicted octanol–water partition coefficient (Wildman–Crippen LogP) is 6.45. The minimum absolute atomic E-state index is 0.176. The first-order valence-electron chi connectivity index (χ1n) is 15.4. The number of imide groups is 2. The number of rotatable bonds is 5. The molecule has 7 rings (SSSR count). The number of phenolic OH excluding ortho intramolecular Hbond substituents is 1. The van der Waals surface area contributed by atoms with Gasteiger partial charge in [-0.1, -0.05) is 17.7 Å². The summed E-state index contributed by atoms with van der Waals surface area (Å²) in [5.74, 6) is -28.4. The first-order valence-corrected chi connectivity index (χ1v) is 16.2. The SMILES string of the molecule is O=C(O)c1cccc(N2C(=O)C3CC=C4C(CC5(Cl)C(=O)N(c6c(F)c(F)c(F)c(F)c6F)C(=O)C5(Cl)C4c4cc(OC(F)(F)F)ccc4O)C3C2=O)c1. The maximum Gasteiger partial charge on any atom is 0.573 e. The van der Waals surface area contributed by atoms with Crippen molar-refractivity contribution in [2.45, 2.75) is 34.9 Å². The summed E-state index contributed by atoms with van der Waals surface area (Å²) in [5.41, 5.74) is -3.47. The number of carboxylic acids is 1. The Kier molecular flexibility index (Phi) is 8.34. The number of carbonyl (C=O) groups is 5. The lowest BCUT2D eigenvalue weighted by atomic mass is 9.56. The lowest BCUT2D eigenvalue weighted by Gasteiger charge is -2.50. The highest BCUT2D eigenvalue weighted by Gasteiger charge is 2.77. The highest BCUT2D eigenvalue weighted by molar-refractivity contribution is 6.58. The second kappa shape index (κ2) is 12.1. The number of anilines is 2. The molecule has 4 aliphatic rings. The van der Waals surface area contributed by atoms with Crippen LogP contribution in [0.25, 0.3) is 0 Å². The van der Waals surface area contributed by atoms with Crippen LogP contribution in [-0.2, 0) is 19.2 Å². The number of alkyl halides is 5. The Morgan fingerprint density at radius 3 is 2.07 bits per heavy atom. The largest absolute Gasteiger partial charge is 0.573 e. The third-order valence-corrected chi connectivity index (χ3v) is 11.5. The second-order valence-electron chi connectivity index (χ2n) is 12.8. The number of hydrogen-bond donors (Lipinski definition) is 2. The van der Waals surface area contributed by atoms with E-state index in [4.69, 9.17) is 23.2 Å². The molecule has 2 heterocycles. The number of aromatic carboxylic acids is 1. The van der Waals surface area contributed by atoms with Gasteiger partial charge in [-0.25, -0.2) is 31.6 Å². The topological polar surface area (TPSA) is 142 Å². The van der Waals surface area contributed by atoms with E-state index < -0.39 is 133 Å². The minimum atomic E-state index is -5.32. The Bertz CT molecular complexity index is 2260. The maximum absolute atomic E-state index is 15.2. The molecule has 0 aromatic heterocycles. The van der Waals surface area contributed by atoms with Crippen LogP contribution in [0.3, 0.4) is 0 Å². The van der Waals surface area contributed by atoms with Gasteiger partial charge < -0.3 is 14.9 Å². The lowest BCUT2D eigenvalue weighted by Crippen LogP contribution is -2.60. The quantitative estimate of drug-likeness (QED) is 0.0749. The van der Waals surface area contributed by atoms with Gasteiger partial charge in [-0.2, -0.15) is 0 Å². The number of halogens is 10. The van der Waals surface area contributed by atoms with Gasteiger partial charge in [-0.05, 0) is 55.2 Å². The summed E-state index contributed by atoms with van der Waals surface area (Å²) in [6.07, 6.45) is -5.37. The standard InChI is InChI=1S/C34H18Cl2F8N2O8/c35-32-10-17-14(5-6-15-19(17)28(49)45(27(15)48)12-3-1-2-11(8-12)29(50)51)20(16-9-13(4-7-18(16)47)54-34(42,43)44)33(32,36)31(53)46(30(32)52)26-24(40)22(38)21(37)23(39)25(26)41/h1-5,7-9,15,17,19-20,47H,6,10H2,(H,50,51). The fraction of sp³-hybridized carbons (Fsp3) is 0.265. The van der Waals surface area contributed by atoms with Crippen molar-refractivity contribution in [1.29, 1.82) is 0 Å². The molecule has 2 aliphatic heterocycles. The molecule has 2 saturated heterocycles. The van der Waals surface area contributed by atoms with E-state index >= 15 is 8.78 Å². The lowest BCUT2D eigenvalue weighted by molar-refractivity contribution is -0.274. The van der Waals surface area contributed by atoms with E-state index in [-0.39, 0.29) is 23.2 Å². The van der Waals surface area contributed by atoms with Crippen LogP contribution in [0.4, 0.5) is 46.5 Å². The van der Waals surface area contributed by atoms with E-state index in [2.05, 4.69) is 4.74 Å². The number of carbonyl (C=O) groups excluding carboxylic acids is 4. The Balaban J connectivity index is 1.44. The molecule has 3 fully saturated rings. The molecule has 0 spiro atoms. The molecule has 6 atom stereocenters. The van der Waals surface area contributed by atoms with Crippen molar-refractivity contribution in [3.05, 3.63) is 94.3 Å². The summed E-state index contributed by atoms with van der Waals surface area (Å²) < 4.78 is 117. The second-order valence-corrected chi connectivity index (χ2v) is 14.1. The molecule has 0 bridgehead atoms. The van der Waals surface area contributed by atoms with Crippen molar-refractivity contribution in [1.82, 2.24) is 0 Å². The molecule has 54 heavy (non-hydrogen) atoms. The highest BCUT2D eigenvalue weighted by atomic mass is 35.5. The zero-order valence-electron chi connectivity index (χ0n) is 26.4. The molecule has 3 aromatic rings. The van der Waals surface area contributed by atoms with Crippen LogP contribution in [0.2, 0.25) is 0 Å². The summed E-state index contributed by atoms with van der Waals surface area (Å²) in [5, 5.41) is 20.5. The molecule has 6 unspecified atom stereocenters. The van der Waals surface area contributed by atoms with Crippen molar-refractivity contribution >= 4 is 64.2 Å². The Hall–Kier alpha value is -5.23. The summed E-state index contributed by atoms with van der Waals surface area (Å²) >= 11 is 13.9.